The Hall–Kier alpha value is -3.81. The highest BCUT2D eigenvalue weighted by molar-refractivity contribution is 6.05. The van der Waals surface area contributed by atoms with Gasteiger partial charge in [-0.05, 0) is 29.8 Å². The molecule has 0 spiro atoms. The van der Waals surface area contributed by atoms with Crippen molar-refractivity contribution < 1.29 is 19.4 Å². The van der Waals surface area contributed by atoms with E-state index in [-0.39, 0.29) is 24.8 Å². The minimum Gasteiger partial charge on any atom is -0.496 e. The van der Waals surface area contributed by atoms with E-state index >= 15 is 0 Å². The molecular weight excluding hydrogens is 384 g/mol. The lowest BCUT2D eigenvalue weighted by Crippen LogP contribution is -2.27. The van der Waals surface area contributed by atoms with Gasteiger partial charge in [0.15, 0.2) is 0 Å². The number of hydrogen-bond acceptors (Lipinski definition) is 6. The Balaban J connectivity index is 1.72. The Morgan fingerprint density at radius 2 is 1.87 bits per heavy atom. The van der Waals surface area contributed by atoms with Crippen LogP contribution in [-0.2, 0) is 9.59 Å². The highest BCUT2D eigenvalue weighted by atomic mass is 16.5. The van der Waals surface area contributed by atoms with Crippen LogP contribution >= 0.6 is 0 Å². The highest BCUT2D eigenvalue weighted by Crippen LogP contribution is 2.36. The van der Waals surface area contributed by atoms with Gasteiger partial charge in [0.1, 0.15) is 5.75 Å². The predicted octanol–water partition coefficient (Wildman–Crippen LogP) is 3.18. The summed E-state index contributed by atoms with van der Waals surface area (Å²) in [5, 5.41) is 14.9. The summed E-state index contributed by atoms with van der Waals surface area (Å²) >= 11 is 0. The average molecular weight is 404 g/mol. The highest BCUT2D eigenvalue weighted by Gasteiger charge is 2.34. The third kappa shape index (κ3) is 3.84. The fraction of sp³-hybridized carbons (Fsp3) is 0.227. The average Bonchev–Trinajstić information content (AvgIpc) is 3.22. The molecular formula is C22H20N4O4. The summed E-state index contributed by atoms with van der Waals surface area (Å²) in [5.74, 6) is -0.695. The van der Waals surface area contributed by atoms with Gasteiger partial charge < -0.3 is 9.84 Å². The van der Waals surface area contributed by atoms with E-state index in [1.165, 1.54) is 5.01 Å². The van der Waals surface area contributed by atoms with Crippen LogP contribution in [-0.4, -0.2) is 44.8 Å². The largest absolute Gasteiger partial charge is 0.496 e. The summed E-state index contributed by atoms with van der Waals surface area (Å²) in [4.78, 5) is 32.4. The maximum absolute atomic E-state index is 12.8. The molecule has 0 saturated heterocycles. The smallest absolute Gasteiger partial charge is 0.303 e. The minimum absolute atomic E-state index is 0.123. The summed E-state index contributed by atoms with van der Waals surface area (Å²) in [6.07, 6.45) is 3.35. The van der Waals surface area contributed by atoms with Gasteiger partial charge in [-0.1, -0.05) is 18.2 Å². The third-order valence-electron chi connectivity index (χ3n) is 5.01. The summed E-state index contributed by atoms with van der Waals surface area (Å²) in [6.45, 7) is 0. The van der Waals surface area contributed by atoms with Crippen molar-refractivity contribution in [2.45, 2.75) is 25.3 Å². The Morgan fingerprint density at radius 1 is 1.10 bits per heavy atom. The fourth-order valence-electron chi connectivity index (χ4n) is 3.56. The number of methoxy groups -OCH3 is 1. The molecule has 1 unspecified atom stereocenters. The molecule has 3 aromatic rings. The van der Waals surface area contributed by atoms with Gasteiger partial charge in [-0.2, -0.15) is 5.10 Å². The lowest BCUT2D eigenvalue weighted by Gasteiger charge is -2.22. The summed E-state index contributed by atoms with van der Waals surface area (Å²) in [6, 6.07) is 12.8. The van der Waals surface area contributed by atoms with Gasteiger partial charge in [-0.15, -0.1) is 0 Å². The zero-order chi connectivity index (χ0) is 21.1. The molecule has 2 heterocycles. The molecule has 8 nitrogen and oxygen atoms in total. The fourth-order valence-corrected chi connectivity index (χ4v) is 3.56. The van der Waals surface area contributed by atoms with Crippen molar-refractivity contribution in [1.82, 2.24) is 15.0 Å². The van der Waals surface area contributed by atoms with Crippen LogP contribution < -0.4 is 4.74 Å². The number of hydrogen-bond donors (Lipinski definition) is 1. The standard InChI is InChI=1S/C22H20N4O4/c1-30-20-5-3-2-4-15(20)17-13-19(26(25-17)21(27)8-9-22(28)29)14-6-7-16-18(12-14)24-11-10-23-16/h2-7,10-12,19H,8-9,13H2,1H3,(H,28,29). The van der Waals surface area contributed by atoms with Crippen LogP contribution in [0, 0.1) is 0 Å². The number of carboxylic acids is 1. The van der Waals surface area contributed by atoms with Gasteiger partial charge in [0.05, 0.1) is 36.3 Å². The topological polar surface area (TPSA) is 105 Å². The van der Waals surface area contributed by atoms with Crippen LogP contribution in [0.3, 0.4) is 0 Å². The molecule has 0 fully saturated rings. The molecule has 0 aliphatic carbocycles. The maximum atomic E-state index is 12.8. The van der Waals surface area contributed by atoms with Crippen molar-refractivity contribution >= 4 is 28.6 Å². The van der Waals surface area contributed by atoms with E-state index in [0.717, 1.165) is 22.2 Å². The van der Waals surface area contributed by atoms with E-state index in [2.05, 4.69) is 15.1 Å². The van der Waals surface area contributed by atoms with Crippen molar-refractivity contribution in [3.8, 4) is 5.75 Å². The molecule has 30 heavy (non-hydrogen) atoms. The number of fused-ring (bicyclic) bond motifs is 1. The molecule has 152 valence electrons. The van der Waals surface area contributed by atoms with Crippen LogP contribution in [0.4, 0.5) is 0 Å². The van der Waals surface area contributed by atoms with Crippen molar-refractivity contribution in [2.24, 2.45) is 5.10 Å². The van der Waals surface area contributed by atoms with Crippen molar-refractivity contribution in [2.75, 3.05) is 7.11 Å². The molecule has 4 rings (SSSR count). The molecule has 1 atom stereocenters. The zero-order valence-electron chi connectivity index (χ0n) is 16.4. The van der Waals surface area contributed by atoms with E-state index in [9.17, 15) is 9.59 Å². The molecule has 1 aliphatic rings. The van der Waals surface area contributed by atoms with Crippen LogP contribution in [0.1, 0.15) is 36.4 Å². The number of carboxylic acid groups (broad SMARTS) is 1. The van der Waals surface area contributed by atoms with E-state index in [4.69, 9.17) is 9.84 Å². The maximum Gasteiger partial charge on any atom is 0.303 e. The second kappa shape index (κ2) is 8.28. The van der Waals surface area contributed by atoms with Crippen molar-refractivity contribution in [3.63, 3.8) is 0 Å². The quantitative estimate of drug-likeness (QED) is 0.677. The molecule has 8 heteroatoms. The van der Waals surface area contributed by atoms with Gasteiger partial charge in [-0.25, -0.2) is 5.01 Å². The second-order valence-corrected chi connectivity index (χ2v) is 6.90. The number of para-hydroxylation sites is 1. The number of amides is 1. The molecule has 1 amide bonds. The Labute approximate surface area is 172 Å². The first-order valence-electron chi connectivity index (χ1n) is 9.52. The number of carbonyl (C=O) groups is 2. The minimum atomic E-state index is -1.02. The van der Waals surface area contributed by atoms with Gasteiger partial charge in [0.25, 0.3) is 0 Å². The van der Waals surface area contributed by atoms with Crippen LogP contribution in [0.25, 0.3) is 11.0 Å². The second-order valence-electron chi connectivity index (χ2n) is 6.90. The lowest BCUT2D eigenvalue weighted by molar-refractivity contribution is -0.141. The Morgan fingerprint density at radius 3 is 2.63 bits per heavy atom. The molecule has 1 aliphatic heterocycles. The number of aromatic nitrogens is 2. The van der Waals surface area contributed by atoms with Crippen molar-refractivity contribution in [1.29, 1.82) is 0 Å². The molecule has 0 bridgehead atoms. The van der Waals surface area contributed by atoms with Crippen LogP contribution in [0.5, 0.6) is 5.75 Å². The Kier molecular flexibility index (Phi) is 5.38. The number of nitrogens with zero attached hydrogens (tertiary/aromatic N) is 4. The zero-order valence-corrected chi connectivity index (χ0v) is 16.4. The monoisotopic (exact) mass is 404 g/mol. The van der Waals surface area contributed by atoms with E-state index in [1.54, 1.807) is 19.5 Å². The SMILES string of the molecule is COc1ccccc1C1=NN(C(=O)CCC(=O)O)C(c2ccc3nccnc3c2)C1. The number of hydrazone groups is 1. The first-order valence-corrected chi connectivity index (χ1v) is 9.52. The molecule has 1 aromatic heterocycles. The molecule has 0 radical (unpaired) electrons. The number of benzene rings is 2. The van der Waals surface area contributed by atoms with E-state index < -0.39 is 5.97 Å². The Bertz CT molecular complexity index is 1140. The summed E-state index contributed by atoms with van der Waals surface area (Å²) in [5.41, 5.74) is 3.85. The summed E-state index contributed by atoms with van der Waals surface area (Å²) in [7, 11) is 1.59. The lowest BCUT2D eigenvalue weighted by atomic mass is 9.97. The number of rotatable bonds is 6. The van der Waals surface area contributed by atoms with Crippen LogP contribution in [0.2, 0.25) is 0 Å². The van der Waals surface area contributed by atoms with Crippen LogP contribution in [0.15, 0.2) is 60.0 Å². The van der Waals surface area contributed by atoms with E-state index in [0.29, 0.717) is 17.9 Å². The van der Waals surface area contributed by atoms with Gasteiger partial charge >= 0.3 is 5.97 Å². The van der Waals surface area contributed by atoms with Gasteiger partial charge in [-0.3, -0.25) is 19.6 Å². The van der Waals surface area contributed by atoms with Gasteiger partial charge in [0, 0.05) is 30.8 Å². The van der Waals surface area contributed by atoms with Crippen molar-refractivity contribution in [3.05, 3.63) is 66.0 Å². The number of aliphatic carboxylic acids is 1. The van der Waals surface area contributed by atoms with Gasteiger partial charge in [0.2, 0.25) is 5.91 Å². The normalized spacial score (nSPS) is 15.8. The number of ether oxygens (including phenoxy) is 1. The molecule has 2 aromatic carbocycles. The first kappa shape index (κ1) is 19.5. The molecule has 1 N–H and O–H groups in total. The number of carbonyl (C=O) groups excluding carboxylic acids is 1. The predicted molar refractivity (Wildman–Crippen MR) is 110 cm³/mol. The summed E-state index contributed by atoms with van der Waals surface area (Å²) < 4.78 is 5.45. The molecule has 0 saturated carbocycles. The first-order chi connectivity index (χ1) is 14.6. The third-order valence-corrected chi connectivity index (χ3v) is 5.01. The van der Waals surface area contributed by atoms with E-state index in [1.807, 2.05) is 42.5 Å².